The van der Waals surface area contributed by atoms with Crippen molar-refractivity contribution in [3.05, 3.63) is 58.9 Å². The Morgan fingerprint density at radius 1 is 1.22 bits per heavy atom. The number of hydrogen-bond acceptors (Lipinski definition) is 7. The van der Waals surface area contributed by atoms with Crippen LogP contribution in [-0.4, -0.2) is 42.5 Å². The minimum atomic E-state index is -0.566. The van der Waals surface area contributed by atoms with Gasteiger partial charge in [-0.3, -0.25) is 14.4 Å². The van der Waals surface area contributed by atoms with Gasteiger partial charge in [-0.1, -0.05) is 24.3 Å². The van der Waals surface area contributed by atoms with Gasteiger partial charge in [0.15, 0.2) is 13.2 Å². The lowest BCUT2D eigenvalue weighted by Gasteiger charge is -2.28. The molecule has 0 atom stereocenters. The number of aromatic nitrogens is 1. The Morgan fingerprint density at radius 2 is 2.06 bits per heavy atom. The molecule has 2 heterocycles. The van der Waals surface area contributed by atoms with Gasteiger partial charge in [-0.05, 0) is 31.2 Å². The number of thiazole rings is 1. The highest BCUT2D eigenvalue weighted by molar-refractivity contribution is 7.09. The SMILES string of the molecule is Cc1nc(-c2cccc(NC(=O)COC(=O)CCN3C(=O)COc4ccccc43)c2)cs1. The topological polar surface area (TPSA) is 97.8 Å². The molecule has 164 valence electrons. The molecule has 0 bridgehead atoms. The summed E-state index contributed by atoms with van der Waals surface area (Å²) in [5.41, 5.74) is 2.93. The number of para-hydroxylation sites is 2. The molecule has 0 unspecified atom stereocenters. The largest absolute Gasteiger partial charge is 0.482 e. The molecule has 1 aliphatic heterocycles. The maximum atomic E-state index is 12.2. The number of esters is 1. The Bertz CT molecular complexity index is 1160. The fraction of sp³-hybridized carbons (Fsp3) is 0.217. The molecule has 1 aliphatic rings. The van der Waals surface area contributed by atoms with Crippen molar-refractivity contribution in [2.45, 2.75) is 13.3 Å². The van der Waals surface area contributed by atoms with Crippen molar-refractivity contribution < 1.29 is 23.9 Å². The first-order chi connectivity index (χ1) is 15.5. The van der Waals surface area contributed by atoms with E-state index in [4.69, 9.17) is 9.47 Å². The van der Waals surface area contributed by atoms with Crippen molar-refractivity contribution in [3.63, 3.8) is 0 Å². The zero-order valence-electron chi connectivity index (χ0n) is 17.4. The number of nitrogens with zero attached hydrogens (tertiary/aromatic N) is 2. The summed E-state index contributed by atoms with van der Waals surface area (Å²) in [7, 11) is 0. The molecule has 0 radical (unpaired) electrons. The molecule has 2 aromatic carbocycles. The zero-order chi connectivity index (χ0) is 22.5. The molecule has 1 N–H and O–H groups in total. The summed E-state index contributed by atoms with van der Waals surface area (Å²) in [6.45, 7) is 1.59. The first-order valence-corrected chi connectivity index (χ1v) is 10.9. The number of carbonyl (C=O) groups excluding carboxylic acids is 3. The number of fused-ring (bicyclic) bond motifs is 1. The van der Waals surface area contributed by atoms with Crippen LogP contribution < -0.4 is 15.0 Å². The van der Waals surface area contributed by atoms with Crippen LogP contribution >= 0.6 is 11.3 Å². The van der Waals surface area contributed by atoms with Gasteiger partial charge in [0.05, 0.1) is 22.8 Å². The lowest BCUT2D eigenvalue weighted by Crippen LogP contribution is -2.40. The average Bonchev–Trinajstić information content (AvgIpc) is 3.23. The minimum Gasteiger partial charge on any atom is -0.482 e. The van der Waals surface area contributed by atoms with Gasteiger partial charge in [0.2, 0.25) is 0 Å². The third kappa shape index (κ3) is 5.12. The second-order valence-electron chi connectivity index (χ2n) is 7.09. The molecule has 0 saturated heterocycles. The highest BCUT2D eigenvalue weighted by Gasteiger charge is 2.25. The summed E-state index contributed by atoms with van der Waals surface area (Å²) in [5.74, 6) is -0.652. The molecule has 0 spiro atoms. The molecule has 0 fully saturated rings. The van der Waals surface area contributed by atoms with Crippen LogP contribution in [0.15, 0.2) is 53.9 Å². The predicted octanol–water partition coefficient (Wildman–Crippen LogP) is 3.42. The second-order valence-corrected chi connectivity index (χ2v) is 8.16. The van der Waals surface area contributed by atoms with Crippen molar-refractivity contribution in [3.8, 4) is 17.0 Å². The molecule has 3 aromatic rings. The highest BCUT2D eigenvalue weighted by atomic mass is 32.1. The van der Waals surface area contributed by atoms with Crippen LogP contribution in [0.4, 0.5) is 11.4 Å². The third-order valence-corrected chi connectivity index (χ3v) is 5.55. The zero-order valence-corrected chi connectivity index (χ0v) is 18.2. The lowest BCUT2D eigenvalue weighted by atomic mass is 10.1. The summed E-state index contributed by atoms with van der Waals surface area (Å²) < 4.78 is 10.5. The van der Waals surface area contributed by atoms with Crippen molar-refractivity contribution in [1.82, 2.24) is 4.98 Å². The molecule has 8 nitrogen and oxygen atoms in total. The number of amides is 2. The summed E-state index contributed by atoms with van der Waals surface area (Å²) in [6, 6.07) is 14.4. The van der Waals surface area contributed by atoms with Crippen molar-refractivity contribution in [1.29, 1.82) is 0 Å². The summed E-state index contributed by atoms with van der Waals surface area (Å²) in [5, 5.41) is 5.63. The maximum Gasteiger partial charge on any atom is 0.308 e. The molecule has 1 aromatic heterocycles. The molecule has 32 heavy (non-hydrogen) atoms. The van der Waals surface area contributed by atoms with Gasteiger partial charge >= 0.3 is 5.97 Å². The Labute approximate surface area is 188 Å². The molecular formula is C23H21N3O5S. The molecule has 9 heteroatoms. The van der Waals surface area contributed by atoms with E-state index in [2.05, 4.69) is 10.3 Å². The Balaban J connectivity index is 1.27. The fourth-order valence-electron chi connectivity index (χ4n) is 3.27. The standard InChI is InChI=1S/C23H21N3O5S/c1-15-24-18(14-32-15)16-5-4-6-17(11-16)25-21(27)12-31-23(29)9-10-26-19-7-2-3-8-20(19)30-13-22(26)28/h2-8,11,14H,9-10,12-13H2,1H3,(H,25,27). The smallest absolute Gasteiger partial charge is 0.308 e. The van der Waals surface area contributed by atoms with Gasteiger partial charge in [-0.2, -0.15) is 0 Å². The van der Waals surface area contributed by atoms with Crippen LogP contribution in [0.5, 0.6) is 5.75 Å². The van der Waals surface area contributed by atoms with Gasteiger partial charge < -0.3 is 19.7 Å². The first kappa shape index (κ1) is 21.5. The monoisotopic (exact) mass is 451 g/mol. The molecule has 0 saturated carbocycles. The maximum absolute atomic E-state index is 12.2. The van der Waals surface area contributed by atoms with E-state index in [1.54, 1.807) is 35.6 Å². The van der Waals surface area contributed by atoms with E-state index in [-0.39, 0.29) is 25.5 Å². The molecule has 0 aliphatic carbocycles. The third-order valence-electron chi connectivity index (χ3n) is 4.77. The predicted molar refractivity (Wildman–Crippen MR) is 121 cm³/mol. The molecule has 4 rings (SSSR count). The van der Waals surface area contributed by atoms with Crippen LogP contribution in [0.3, 0.4) is 0 Å². The van der Waals surface area contributed by atoms with E-state index >= 15 is 0 Å². The molecule has 2 amide bonds. The number of carbonyl (C=O) groups is 3. The van der Waals surface area contributed by atoms with E-state index in [0.717, 1.165) is 16.3 Å². The highest BCUT2D eigenvalue weighted by Crippen LogP contribution is 2.31. The van der Waals surface area contributed by atoms with E-state index in [1.165, 1.54) is 4.90 Å². The minimum absolute atomic E-state index is 0.0357. The molecular weight excluding hydrogens is 430 g/mol. The average molecular weight is 452 g/mol. The summed E-state index contributed by atoms with van der Waals surface area (Å²) >= 11 is 1.55. The van der Waals surface area contributed by atoms with Gasteiger partial charge in [0.25, 0.3) is 11.8 Å². The van der Waals surface area contributed by atoms with Crippen molar-refractivity contribution in [2.24, 2.45) is 0 Å². The number of anilines is 2. The number of benzene rings is 2. The van der Waals surface area contributed by atoms with E-state index in [0.29, 0.717) is 17.1 Å². The first-order valence-electron chi connectivity index (χ1n) is 10.00. The van der Waals surface area contributed by atoms with Crippen LogP contribution in [0.1, 0.15) is 11.4 Å². The number of aryl methyl sites for hydroxylation is 1. The van der Waals surface area contributed by atoms with Crippen LogP contribution in [0.2, 0.25) is 0 Å². The number of nitrogens with one attached hydrogen (secondary N) is 1. The van der Waals surface area contributed by atoms with E-state index in [1.807, 2.05) is 36.6 Å². The summed E-state index contributed by atoms with van der Waals surface area (Å²) in [6.07, 6.45) is -0.0357. The summed E-state index contributed by atoms with van der Waals surface area (Å²) in [4.78, 5) is 42.4. The Morgan fingerprint density at radius 3 is 2.88 bits per heavy atom. The van der Waals surface area contributed by atoms with Gasteiger partial charge in [0, 0.05) is 23.2 Å². The van der Waals surface area contributed by atoms with Crippen molar-refractivity contribution >= 4 is 40.5 Å². The number of hydrogen-bond donors (Lipinski definition) is 1. The van der Waals surface area contributed by atoms with E-state index < -0.39 is 18.5 Å². The van der Waals surface area contributed by atoms with Gasteiger partial charge in [-0.25, -0.2) is 4.98 Å². The van der Waals surface area contributed by atoms with Gasteiger partial charge in [-0.15, -0.1) is 11.3 Å². The number of ether oxygens (including phenoxy) is 2. The Hall–Kier alpha value is -3.72. The van der Waals surface area contributed by atoms with Gasteiger partial charge in [0.1, 0.15) is 5.75 Å². The Kier molecular flexibility index (Phi) is 6.46. The van der Waals surface area contributed by atoms with E-state index in [9.17, 15) is 14.4 Å². The normalized spacial score (nSPS) is 12.7. The van der Waals surface area contributed by atoms with Crippen LogP contribution in [-0.2, 0) is 19.1 Å². The quantitative estimate of drug-likeness (QED) is 0.553. The second kappa shape index (κ2) is 9.61. The fourth-order valence-corrected chi connectivity index (χ4v) is 3.89. The van der Waals surface area contributed by atoms with Crippen molar-refractivity contribution in [2.75, 3.05) is 30.0 Å². The van der Waals surface area contributed by atoms with Crippen LogP contribution in [0.25, 0.3) is 11.3 Å². The lowest BCUT2D eigenvalue weighted by molar-refractivity contribution is -0.147. The van der Waals surface area contributed by atoms with Crippen LogP contribution in [0, 0.1) is 6.92 Å². The number of rotatable bonds is 7.